The Morgan fingerprint density at radius 1 is 1.38 bits per heavy atom. The second-order valence-electron chi connectivity index (χ2n) is 4.52. The lowest BCUT2D eigenvalue weighted by atomic mass is 9.90. The Morgan fingerprint density at radius 2 is 2.19 bits per heavy atom. The van der Waals surface area contributed by atoms with E-state index in [4.69, 9.17) is 0 Å². The second-order valence-corrected chi connectivity index (χ2v) is 4.52. The van der Waals surface area contributed by atoms with E-state index < -0.39 is 0 Å². The lowest BCUT2D eigenvalue weighted by Crippen LogP contribution is -2.22. The molecule has 1 saturated carbocycles. The molecule has 0 aromatic heterocycles. The molecule has 1 rings (SSSR count). The number of aliphatic imine (C=N–C) groups is 2. The number of hydrogen-bond acceptors (Lipinski definition) is 4. The van der Waals surface area contributed by atoms with Crippen LogP contribution in [0.2, 0.25) is 0 Å². The van der Waals surface area contributed by atoms with Crippen LogP contribution in [-0.2, 0) is 9.59 Å². The van der Waals surface area contributed by atoms with Gasteiger partial charge in [0, 0.05) is 0 Å². The van der Waals surface area contributed by atoms with E-state index in [1.54, 1.807) is 6.08 Å². The maximum absolute atomic E-state index is 10.5. The minimum absolute atomic E-state index is 0.221. The maximum atomic E-state index is 10.5. The van der Waals surface area contributed by atoms with Crippen LogP contribution in [-0.4, -0.2) is 24.2 Å². The van der Waals surface area contributed by atoms with Crippen molar-refractivity contribution >= 4 is 12.2 Å². The molecule has 0 aromatic carbocycles. The van der Waals surface area contributed by atoms with Gasteiger partial charge in [0.2, 0.25) is 12.2 Å². The summed E-state index contributed by atoms with van der Waals surface area (Å²) in [5.41, 5.74) is -0.221. The molecule has 1 aliphatic rings. The lowest BCUT2D eigenvalue weighted by Gasteiger charge is -2.22. The molecule has 0 heterocycles. The topological polar surface area (TPSA) is 58.9 Å². The first-order valence-corrected chi connectivity index (χ1v) is 5.89. The smallest absolute Gasteiger partial charge is 0.211 e. The van der Waals surface area contributed by atoms with E-state index in [9.17, 15) is 9.59 Å². The van der Waals surface area contributed by atoms with E-state index in [1.165, 1.54) is 6.08 Å². The Balaban J connectivity index is 2.53. The molecule has 2 atom stereocenters. The van der Waals surface area contributed by atoms with Gasteiger partial charge in [0.25, 0.3) is 0 Å². The third kappa shape index (κ3) is 3.41. The lowest BCUT2D eigenvalue weighted by molar-refractivity contribution is 0.375. The van der Waals surface area contributed by atoms with Crippen LogP contribution >= 0.6 is 0 Å². The van der Waals surface area contributed by atoms with E-state index in [0.29, 0.717) is 12.5 Å². The predicted octanol–water partition coefficient (Wildman–Crippen LogP) is 2.39. The standard InChI is InChI=1S/C12H18N2O2/c1-2-11-4-6-12(8-11,14-10-16)5-3-7-13-9-15/h11H,2-8H2,1H3. The highest BCUT2D eigenvalue weighted by Gasteiger charge is 2.37. The first-order chi connectivity index (χ1) is 7.76. The van der Waals surface area contributed by atoms with Crippen molar-refractivity contribution in [1.82, 2.24) is 0 Å². The van der Waals surface area contributed by atoms with E-state index >= 15 is 0 Å². The van der Waals surface area contributed by atoms with Crippen LogP contribution in [0.5, 0.6) is 0 Å². The van der Waals surface area contributed by atoms with Gasteiger partial charge in [-0.1, -0.05) is 13.3 Å². The maximum Gasteiger partial charge on any atom is 0.235 e. The normalized spacial score (nSPS) is 28.2. The fraction of sp³-hybridized carbons (Fsp3) is 0.833. The first-order valence-electron chi connectivity index (χ1n) is 5.89. The largest absolute Gasteiger partial charge is 0.235 e. The van der Waals surface area contributed by atoms with Crippen LogP contribution in [0.15, 0.2) is 9.98 Å². The average molecular weight is 222 g/mol. The summed E-state index contributed by atoms with van der Waals surface area (Å²) in [7, 11) is 0. The minimum atomic E-state index is -0.221. The molecule has 0 bridgehead atoms. The highest BCUT2D eigenvalue weighted by molar-refractivity contribution is 5.35. The van der Waals surface area contributed by atoms with Crippen LogP contribution < -0.4 is 0 Å². The van der Waals surface area contributed by atoms with E-state index in [1.807, 2.05) is 0 Å². The Bertz CT molecular complexity index is 317. The second kappa shape index (κ2) is 6.37. The van der Waals surface area contributed by atoms with Crippen LogP contribution in [0.1, 0.15) is 45.4 Å². The molecule has 2 unspecified atom stereocenters. The van der Waals surface area contributed by atoms with E-state index in [0.717, 1.165) is 38.5 Å². The summed E-state index contributed by atoms with van der Waals surface area (Å²) in [5, 5.41) is 0. The predicted molar refractivity (Wildman–Crippen MR) is 60.7 cm³/mol. The van der Waals surface area contributed by atoms with Crippen molar-refractivity contribution < 1.29 is 9.59 Å². The van der Waals surface area contributed by atoms with Crippen molar-refractivity contribution in [3.05, 3.63) is 0 Å². The highest BCUT2D eigenvalue weighted by atomic mass is 16.1. The molecule has 0 amide bonds. The van der Waals surface area contributed by atoms with Gasteiger partial charge < -0.3 is 0 Å². The van der Waals surface area contributed by atoms with Gasteiger partial charge in [0.15, 0.2) is 0 Å². The van der Waals surface area contributed by atoms with Crippen LogP contribution in [0, 0.1) is 5.92 Å². The fourth-order valence-corrected chi connectivity index (χ4v) is 2.58. The van der Waals surface area contributed by atoms with Gasteiger partial charge in [0.05, 0.1) is 12.1 Å². The van der Waals surface area contributed by atoms with Crippen LogP contribution in [0.4, 0.5) is 0 Å². The molecular formula is C12H18N2O2. The monoisotopic (exact) mass is 222 g/mol. The van der Waals surface area contributed by atoms with Gasteiger partial charge in [-0.25, -0.2) is 14.6 Å². The van der Waals surface area contributed by atoms with Gasteiger partial charge in [-0.15, -0.1) is 0 Å². The third-order valence-electron chi connectivity index (χ3n) is 3.52. The molecule has 0 saturated heterocycles. The third-order valence-corrected chi connectivity index (χ3v) is 3.52. The molecule has 0 radical (unpaired) electrons. The zero-order chi connectivity index (χ0) is 11.9. The summed E-state index contributed by atoms with van der Waals surface area (Å²) in [6.07, 6.45) is 9.06. The van der Waals surface area contributed by atoms with Crippen molar-refractivity contribution in [2.24, 2.45) is 15.9 Å². The molecule has 1 aliphatic carbocycles. The Kier molecular flexibility index (Phi) is 5.10. The Morgan fingerprint density at radius 3 is 2.75 bits per heavy atom. The van der Waals surface area contributed by atoms with Crippen molar-refractivity contribution in [2.45, 2.75) is 51.0 Å². The van der Waals surface area contributed by atoms with Crippen LogP contribution in [0.25, 0.3) is 0 Å². The summed E-state index contributed by atoms with van der Waals surface area (Å²) in [6, 6.07) is 0. The zero-order valence-corrected chi connectivity index (χ0v) is 9.74. The molecule has 16 heavy (non-hydrogen) atoms. The highest BCUT2D eigenvalue weighted by Crippen LogP contribution is 2.41. The molecular weight excluding hydrogens is 204 g/mol. The van der Waals surface area contributed by atoms with Gasteiger partial charge in [0.1, 0.15) is 0 Å². The zero-order valence-electron chi connectivity index (χ0n) is 9.74. The molecule has 0 N–H and O–H groups in total. The minimum Gasteiger partial charge on any atom is -0.211 e. The molecule has 1 fully saturated rings. The molecule has 0 aromatic rings. The van der Waals surface area contributed by atoms with E-state index in [-0.39, 0.29) is 5.54 Å². The summed E-state index contributed by atoms with van der Waals surface area (Å²) in [4.78, 5) is 27.9. The van der Waals surface area contributed by atoms with Gasteiger partial charge in [-0.05, 0) is 38.0 Å². The van der Waals surface area contributed by atoms with Gasteiger partial charge >= 0.3 is 0 Å². The number of hydrogen-bond donors (Lipinski definition) is 0. The summed E-state index contributed by atoms with van der Waals surface area (Å²) in [6.45, 7) is 2.65. The number of carbonyl (C=O) groups excluding carboxylic acids is 2. The quantitative estimate of drug-likeness (QED) is 0.393. The molecule has 4 nitrogen and oxygen atoms in total. The molecule has 4 heteroatoms. The molecule has 0 aliphatic heterocycles. The number of rotatable bonds is 6. The summed E-state index contributed by atoms with van der Waals surface area (Å²) < 4.78 is 0. The van der Waals surface area contributed by atoms with Crippen molar-refractivity contribution in [1.29, 1.82) is 0 Å². The fourth-order valence-electron chi connectivity index (χ4n) is 2.58. The number of isocyanates is 2. The van der Waals surface area contributed by atoms with Crippen molar-refractivity contribution in [3.8, 4) is 0 Å². The number of nitrogens with zero attached hydrogens (tertiary/aromatic N) is 2. The Labute approximate surface area is 95.9 Å². The molecule has 88 valence electrons. The SMILES string of the molecule is CCC1CCC(CCCN=C=O)(N=C=O)C1. The van der Waals surface area contributed by atoms with Crippen LogP contribution in [0.3, 0.4) is 0 Å². The van der Waals surface area contributed by atoms with Gasteiger partial charge in [-0.3, -0.25) is 0 Å². The summed E-state index contributed by atoms with van der Waals surface area (Å²) in [5.74, 6) is 0.673. The molecule has 0 spiro atoms. The van der Waals surface area contributed by atoms with Gasteiger partial charge in [-0.2, -0.15) is 4.99 Å². The van der Waals surface area contributed by atoms with Crippen molar-refractivity contribution in [2.75, 3.05) is 6.54 Å². The summed E-state index contributed by atoms with van der Waals surface area (Å²) >= 11 is 0. The van der Waals surface area contributed by atoms with Crippen molar-refractivity contribution in [3.63, 3.8) is 0 Å². The first kappa shape index (κ1) is 12.8. The van der Waals surface area contributed by atoms with E-state index in [2.05, 4.69) is 16.9 Å². The Hall–Kier alpha value is -1.24. The average Bonchev–Trinajstić information content (AvgIpc) is 2.69.